The number of thiophene rings is 1. The van der Waals surface area contributed by atoms with Crippen LogP contribution in [-0.4, -0.2) is 23.6 Å². The van der Waals surface area contributed by atoms with Crippen LogP contribution in [0.2, 0.25) is 0 Å². The molecule has 0 aliphatic rings. The van der Waals surface area contributed by atoms with Crippen LogP contribution >= 0.6 is 27.3 Å². The highest BCUT2D eigenvalue weighted by atomic mass is 79.9. The van der Waals surface area contributed by atoms with Crippen LogP contribution in [0, 0.1) is 6.92 Å². The van der Waals surface area contributed by atoms with Gasteiger partial charge < -0.3 is 10.1 Å². The van der Waals surface area contributed by atoms with Crippen molar-refractivity contribution in [3.8, 4) is 5.88 Å². The molecule has 0 aliphatic carbocycles. The number of nitrogens with one attached hydrogen (secondary N) is 1. The normalized spacial score (nSPS) is 12.4. The highest BCUT2D eigenvalue weighted by Crippen LogP contribution is 2.32. The molecule has 0 fully saturated rings. The highest BCUT2D eigenvalue weighted by molar-refractivity contribution is 9.11. The number of rotatable bonds is 7. The van der Waals surface area contributed by atoms with E-state index in [2.05, 4.69) is 51.1 Å². The molecule has 114 valence electrons. The molecule has 21 heavy (non-hydrogen) atoms. The lowest BCUT2D eigenvalue weighted by Gasteiger charge is -2.17. The van der Waals surface area contributed by atoms with Gasteiger partial charge in [-0.3, -0.25) is 0 Å². The third-order valence-electron chi connectivity index (χ3n) is 3.18. The van der Waals surface area contributed by atoms with Crippen molar-refractivity contribution < 1.29 is 4.74 Å². The van der Waals surface area contributed by atoms with E-state index in [1.807, 2.05) is 6.07 Å². The summed E-state index contributed by atoms with van der Waals surface area (Å²) in [6, 6.07) is 4.40. The predicted molar refractivity (Wildman–Crippen MR) is 90.1 cm³/mol. The molecule has 2 heterocycles. The standard InChI is InChI=1S/C15H20BrN3OS/c1-4-5-17-12(13-6-10(2)15(16)21-13)7-11-8-14(20-3)19-9-18-11/h6,8-9,12,17H,4-5,7H2,1-3H3. The number of aryl methyl sites for hydroxylation is 1. The molecule has 1 atom stereocenters. The number of hydrogen-bond acceptors (Lipinski definition) is 5. The van der Waals surface area contributed by atoms with Gasteiger partial charge in [0.25, 0.3) is 0 Å². The van der Waals surface area contributed by atoms with Gasteiger partial charge in [-0.2, -0.15) is 0 Å². The van der Waals surface area contributed by atoms with Gasteiger partial charge in [0.1, 0.15) is 6.33 Å². The van der Waals surface area contributed by atoms with E-state index in [-0.39, 0.29) is 6.04 Å². The maximum atomic E-state index is 5.17. The van der Waals surface area contributed by atoms with Gasteiger partial charge in [-0.15, -0.1) is 11.3 Å². The SMILES string of the molecule is CCCNC(Cc1cc(OC)ncn1)c1cc(C)c(Br)s1. The van der Waals surface area contributed by atoms with Gasteiger partial charge >= 0.3 is 0 Å². The molecule has 0 aromatic carbocycles. The van der Waals surface area contributed by atoms with Gasteiger partial charge in [0.05, 0.1) is 10.9 Å². The third kappa shape index (κ3) is 4.49. The average Bonchev–Trinajstić information content (AvgIpc) is 2.83. The number of methoxy groups -OCH3 is 1. The average molecular weight is 370 g/mol. The summed E-state index contributed by atoms with van der Waals surface area (Å²) in [6.45, 7) is 5.28. The van der Waals surface area contributed by atoms with Crippen LogP contribution in [0.25, 0.3) is 0 Å². The summed E-state index contributed by atoms with van der Waals surface area (Å²) >= 11 is 5.39. The lowest BCUT2D eigenvalue weighted by molar-refractivity contribution is 0.395. The molecule has 0 aliphatic heterocycles. The molecule has 1 N–H and O–H groups in total. The largest absolute Gasteiger partial charge is 0.481 e. The molecule has 4 nitrogen and oxygen atoms in total. The maximum Gasteiger partial charge on any atom is 0.216 e. The fraction of sp³-hybridized carbons (Fsp3) is 0.467. The van der Waals surface area contributed by atoms with Crippen molar-refractivity contribution in [3.63, 3.8) is 0 Å². The lowest BCUT2D eigenvalue weighted by atomic mass is 10.1. The molecule has 0 spiro atoms. The van der Waals surface area contributed by atoms with E-state index in [1.54, 1.807) is 24.8 Å². The Kier molecular flexibility index (Phi) is 6.14. The van der Waals surface area contributed by atoms with E-state index >= 15 is 0 Å². The Hall–Kier alpha value is -0.980. The zero-order valence-corrected chi connectivity index (χ0v) is 14.9. The summed E-state index contributed by atoms with van der Waals surface area (Å²) in [6.07, 6.45) is 3.49. The quantitative estimate of drug-likeness (QED) is 0.803. The summed E-state index contributed by atoms with van der Waals surface area (Å²) in [4.78, 5) is 9.74. The minimum atomic E-state index is 0.263. The van der Waals surface area contributed by atoms with Crippen LogP contribution in [0.15, 0.2) is 22.2 Å². The number of aromatic nitrogens is 2. The Morgan fingerprint density at radius 1 is 1.38 bits per heavy atom. The maximum absolute atomic E-state index is 5.17. The van der Waals surface area contributed by atoms with Crippen LogP contribution in [0.4, 0.5) is 0 Å². The van der Waals surface area contributed by atoms with E-state index in [0.29, 0.717) is 5.88 Å². The minimum absolute atomic E-state index is 0.263. The summed E-state index contributed by atoms with van der Waals surface area (Å²) in [5.41, 5.74) is 2.26. The van der Waals surface area contributed by atoms with E-state index in [4.69, 9.17) is 4.74 Å². The molecule has 6 heteroatoms. The van der Waals surface area contributed by atoms with E-state index in [0.717, 1.165) is 25.1 Å². The first-order chi connectivity index (χ1) is 10.1. The zero-order chi connectivity index (χ0) is 15.2. The van der Waals surface area contributed by atoms with Gasteiger partial charge in [-0.1, -0.05) is 6.92 Å². The Bertz CT molecular complexity index is 569. The van der Waals surface area contributed by atoms with E-state index in [1.165, 1.54) is 14.2 Å². The second-order valence-corrected chi connectivity index (χ2v) is 7.27. The monoisotopic (exact) mass is 369 g/mol. The van der Waals surface area contributed by atoms with Crippen molar-refractivity contribution in [1.29, 1.82) is 0 Å². The van der Waals surface area contributed by atoms with Gasteiger partial charge in [-0.25, -0.2) is 9.97 Å². The molecule has 2 aromatic rings. The summed E-state index contributed by atoms with van der Waals surface area (Å²) < 4.78 is 6.37. The number of ether oxygens (including phenoxy) is 1. The van der Waals surface area contributed by atoms with Crippen molar-refractivity contribution >= 4 is 27.3 Å². The Labute approximate surface area is 138 Å². The molecular weight excluding hydrogens is 350 g/mol. The minimum Gasteiger partial charge on any atom is -0.481 e. The fourth-order valence-corrected chi connectivity index (χ4v) is 3.70. The first-order valence-electron chi connectivity index (χ1n) is 6.98. The van der Waals surface area contributed by atoms with E-state index in [9.17, 15) is 0 Å². The zero-order valence-electron chi connectivity index (χ0n) is 12.5. The first-order valence-corrected chi connectivity index (χ1v) is 8.59. The molecule has 0 bridgehead atoms. The second-order valence-electron chi connectivity index (χ2n) is 4.87. The first kappa shape index (κ1) is 16.4. The lowest BCUT2D eigenvalue weighted by Crippen LogP contribution is -2.23. The van der Waals surface area contributed by atoms with Crippen LogP contribution in [-0.2, 0) is 6.42 Å². The summed E-state index contributed by atoms with van der Waals surface area (Å²) in [7, 11) is 1.62. The second kappa shape index (κ2) is 7.87. The van der Waals surface area contributed by atoms with Crippen LogP contribution in [0.3, 0.4) is 0 Å². The number of hydrogen-bond donors (Lipinski definition) is 1. The molecule has 2 aromatic heterocycles. The summed E-state index contributed by atoms with van der Waals surface area (Å²) in [5.74, 6) is 0.609. The Morgan fingerprint density at radius 3 is 2.81 bits per heavy atom. The molecule has 0 amide bonds. The van der Waals surface area contributed by atoms with Gasteiger partial charge in [0.15, 0.2) is 0 Å². The third-order valence-corrected chi connectivity index (χ3v) is 5.43. The molecular formula is C15H20BrN3OS. The molecule has 2 rings (SSSR count). The van der Waals surface area contributed by atoms with Crippen molar-refractivity contribution in [1.82, 2.24) is 15.3 Å². The number of halogens is 1. The Morgan fingerprint density at radius 2 is 2.19 bits per heavy atom. The molecule has 1 unspecified atom stereocenters. The topological polar surface area (TPSA) is 47.0 Å². The molecule has 0 radical (unpaired) electrons. The van der Waals surface area contributed by atoms with Crippen molar-refractivity contribution in [2.24, 2.45) is 0 Å². The van der Waals surface area contributed by atoms with Crippen molar-refractivity contribution in [2.75, 3.05) is 13.7 Å². The Balaban J connectivity index is 2.19. The van der Waals surface area contributed by atoms with E-state index < -0.39 is 0 Å². The summed E-state index contributed by atoms with van der Waals surface area (Å²) in [5, 5.41) is 3.60. The van der Waals surface area contributed by atoms with Crippen LogP contribution in [0.5, 0.6) is 5.88 Å². The van der Waals surface area contributed by atoms with Gasteiger partial charge in [0, 0.05) is 29.1 Å². The smallest absolute Gasteiger partial charge is 0.216 e. The number of nitrogens with zero attached hydrogens (tertiary/aromatic N) is 2. The highest BCUT2D eigenvalue weighted by Gasteiger charge is 2.16. The molecule has 0 saturated heterocycles. The van der Waals surface area contributed by atoms with Gasteiger partial charge in [0.2, 0.25) is 5.88 Å². The van der Waals surface area contributed by atoms with Crippen LogP contribution < -0.4 is 10.1 Å². The predicted octanol–water partition coefficient (Wildman–Crippen LogP) is 3.90. The molecule has 0 saturated carbocycles. The fourth-order valence-electron chi connectivity index (χ4n) is 2.06. The van der Waals surface area contributed by atoms with Crippen molar-refractivity contribution in [2.45, 2.75) is 32.7 Å². The van der Waals surface area contributed by atoms with Crippen LogP contribution in [0.1, 0.15) is 35.5 Å². The van der Waals surface area contributed by atoms with Crippen molar-refractivity contribution in [3.05, 3.63) is 38.4 Å². The van der Waals surface area contributed by atoms with Gasteiger partial charge in [-0.05, 0) is 47.4 Å².